The number of benzene rings is 1. The molecule has 1 heterocycles. The van der Waals surface area contributed by atoms with Gasteiger partial charge in [-0.25, -0.2) is 5.06 Å². The molecule has 1 amide bonds. The van der Waals surface area contributed by atoms with Crippen LogP contribution in [0.1, 0.15) is 0 Å². The first-order valence-electron chi connectivity index (χ1n) is 5.59. The van der Waals surface area contributed by atoms with Gasteiger partial charge in [0.1, 0.15) is 5.70 Å². The Morgan fingerprint density at radius 1 is 1.30 bits per heavy atom. The lowest BCUT2D eigenvalue weighted by Gasteiger charge is -2.13. The Labute approximate surface area is 120 Å². The maximum atomic E-state index is 11.7. The number of hydrogen-bond acceptors (Lipinski definition) is 5. The second-order valence-electron chi connectivity index (χ2n) is 3.68. The maximum absolute atomic E-state index is 11.7. The maximum Gasteiger partial charge on any atom is 0.313 e. The van der Waals surface area contributed by atoms with Crippen LogP contribution in [0.2, 0.25) is 0 Å². The fraction of sp³-hybridized carbons (Fsp3) is 0. The third-order valence-electron chi connectivity index (χ3n) is 2.21. The molecule has 1 aromatic carbocycles. The zero-order valence-electron chi connectivity index (χ0n) is 10.2. The molecular formula is C12H11N5O2S. The smallest absolute Gasteiger partial charge is 0.313 e. The molecule has 0 atom stereocenters. The highest BCUT2D eigenvalue weighted by atomic mass is 32.1. The number of hydrogen-bond donors (Lipinski definition) is 3. The third kappa shape index (κ3) is 3.97. The van der Waals surface area contributed by atoms with Gasteiger partial charge in [0.15, 0.2) is 0 Å². The molecule has 1 aromatic rings. The molecule has 0 radical (unpaired) electrons. The molecule has 0 fully saturated rings. The summed E-state index contributed by atoms with van der Waals surface area (Å²) < 4.78 is 0. The number of amides is 1. The van der Waals surface area contributed by atoms with E-state index in [1.165, 1.54) is 18.6 Å². The van der Waals surface area contributed by atoms with Gasteiger partial charge in [-0.15, -0.1) is 10.2 Å². The van der Waals surface area contributed by atoms with Crippen LogP contribution in [0.25, 0.3) is 0 Å². The summed E-state index contributed by atoms with van der Waals surface area (Å²) in [4.78, 5) is 11.7. The van der Waals surface area contributed by atoms with Gasteiger partial charge in [-0.1, -0.05) is 18.2 Å². The number of azo groups is 1. The molecule has 1 aliphatic rings. The molecular weight excluding hydrogens is 278 g/mol. The Kier molecular flexibility index (Phi) is 4.53. The SMILES string of the molecule is O=C(N=NC(=S)Nc1ccccc1)C1=CN(O)C=CN1. The predicted molar refractivity (Wildman–Crippen MR) is 76.5 cm³/mol. The molecule has 3 N–H and O–H groups in total. The molecule has 0 bridgehead atoms. The van der Waals surface area contributed by atoms with E-state index in [1.807, 2.05) is 30.3 Å². The Morgan fingerprint density at radius 2 is 2.05 bits per heavy atom. The van der Waals surface area contributed by atoms with E-state index in [2.05, 4.69) is 20.9 Å². The lowest BCUT2D eigenvalue weighted by atomic mass is 10.3. The Bertz CT molecular complexity index is 597. The summed E-state index contributed by atoms with van der Waals surface area (Å²) in [5.74, 6) is -0.648. The van der Waals surface area contributed by atoms with Crippen LogP contribution in [0.3, 0.4) is 0 Å². The van der Waals surface area contributed by atoms with Gasteiger partial charge < -0.3 is 10.6 Å². The van der Waals surface area contributed by atoms with E-state index in [4.69, 9.17) is 17.4 Å². The quantitative estimate of drug-likeness (QED) is 0.570. The molecule has 0 saturated heterocycles. The van der Waals surface area contributed by atoms with Crippen molar-refractivity contribution >= 4 is 28.9 Å². The number of thiocarbonyl (C=S) groups is 1. The molecule has 0 spiro atoms. The highest BCUT2D eigenvalue weighted by Crippen LogP contribution is 2.06. The van der Waals surface area contributed by atoms with Gasteiger partial charge in [0, 0.05) is 18.1 Å². The number of nitrogens with zero attached hydrogens (tertiary/aromatic N) is 3. The molecule has 1 aliphatic heterocycles. The lowest BCUT2D eigenvalue weighted by Crippen LogP contribution is -2.22. The van der Waals surface area contributed by atoms with Crippen molar-refractivity contribution in [2.24, 2.45) is 10.2 Å². The van der Waals surface area contributed by atoms with Gasteiger partial charge in [0.25, 0.3) is 0 Å². The van der Waals surface area contributed by atoms with Gasteiger partial charge in [-0.3, -0.25) is 10.0 Å². The number of carbonyl (C=O) groups excluding carboxylic acids is 1. The predicted octanol–water partition coefficient (Wildman–Crippen LogP) is 1.97. The van der Waals surface area contributed by atoms with Crippen LogP contribution in [0.5, 0.6) is 0 Å². The number of hydroxylamine groups is 2. The van der Waals surface area contributed by atoms with E-state index in [1.54, 1.807) is 0 Å². The van der Waals surface area contributed by atoms with Crippen molar-refractivity contribution < 1.29 is 10.0 Å². The van der Waals surface area contributed by atoms with Crippen molar-refractivity contribution in [3.8, 4) is 0 Å². The first-order chi connectivity index (χ1) is 9.65. The topological polar surface area (TPSA) is 89.3 Å². The third-order valence-corrected chi connectivity index (χ3v) is 2.40. The fourth-order valence-electron chi connectivity index (χ4n) is 1.35. The van der Waals surface area contributed by atoms with Crippen LogP contribution >= 0.6 is 12.2 Å². The van der Waals surface area contributed by atoms with Crippen LogP contribution in [-0.2, 0) is 4.79 Å². The minimum atomic E-state index is -0.648. The normalized spacial score (nSPS) is 13.8. The van der Waals surface area contributed by atoms with E-state index in [-0.39, 0.29) is 10.8 Å². The van der Waals surface area contributed by atoms with Gasteiger partial charge >= 0.3 is 5.91 Å². The first kappa shape index (κ1) is 13.8. The zero-order chi connectivity index (χ0) is 14.4. The molecule has 0 aliphatic carbocycles. The Balaban J connectivity index is 1.92. The molecule has 0 aromatic heterocycles. The molecule has 8 heteroatoms. The molecule has 0 unspecified atom stereocenters. The summed E-state index contributed by atoms with van der Waals surface area (Å²) in [6.45, 7) is 0. The van der Waals surface area contributed by atoms with E-state index in [0.29, 0.717) is 0 Å². The largest absolute Gasteiger partial charge is 0.354 e. The second kappa shape index (κ2) is 6.55. The Morgan fingerprint density at radius 3 is 2.75 bits per heavy atom. The van der Waals surface area contributed by atoms with Crippen LogP contribution < -0.4 is 10.6 Å². The van der Waals surface area contributed by atoms with Crippen molar-refractivity contribution in [3.63, 3.8) is 0 Å². The summed E-state index contributed by atoms with van der Waals surface area (Å²) >= 11 is 4.94. The molecule has 20 heavy (non-hydrogen) atoms. The molecule has 2 rings (SSSR count). The monoisotopic (exact) mass is 289 g/mol. The van der Waals surface area contributed by atoms with E-state index in [0.717, 1.165) is 10.8 Å². The molecule has 102 valence electrons. The number of para-hydroxylation sites is 1. The van der Waals surface area contributed by atoms with Crippen molar-refractivity contribution in [1.82, 2.24) is 10.4 Å². The molecule has 7 nitrogen and oxygen atoms in total. The first-order valence-corrected chi connectivity index (χ1v) is 6.00. The summed E-state index contributed by atoms with van der Waals surface area (Å²) in [6, 6.07) is 9.17. The summed E-state index contributed by atoms with van der Waals surface area (Å²) in [5.41, 5.74) is 0.838. The van der Waals surface area contributed by atoms with Crippen molar-refractivity contribution in [1.29, 1.82) is 0 Å². The number of rotatable bonds is 2. The van der Waals surface area contributed by atoms with Gasteiger partial charge in [-0.05, 0) is 24.4 Å². The average Bonchev–Trinajstić information content (AvgIpc) is 2.46. The van der Waals surface area contributed by atoms with Gasteiger partial charge in [0.2, 0.25) is 5.11 Å². The average molecular weight is 289 g/mol. The van der Waals surface area contributed by atoms with E-state index >= 15 is 0 Å². The van der Waals surface area contributed by atoms with Crippen molar-refractivity contribution in [2.75, 3.05) is 5.32 Å². The minimum Gasteiger partial charge on any atom is -0.354 e. The van der Waals surface area contributed by atoms with E-state index in [9.17, 15) is 4.79 Å². The summed E-state index contributed by atoms with van der Waals surface area (Å²) in [7, 11) is 0. The van der Waals surface area contributed by atoms with Crippen LogP contribution in [0.15, 0.2) is 64.9 Å². The van der Waals surface area contributed by atoms with Gasteiger partial charge in [0.05, 0.1) is 6.20 Å². The van der Waals surface area contributed by atoms with Gasteiger partial charge in [-0.2, -0.15) is 0 Å². The zero-order valence-corrected chi connectivity index (χ0v) is 11.0. The lowest BCUT2D eigenvalue weighted by molar-refractivity contribution is -0.115. The standard InChI is InChI=1S/C12H11N5O2S/c18-11(10-8-17(19)7-6-13-10)15-16-12(20)14-9-4-2-1-3-5-9/h1-8,13,19H,(H,14,20). The number of carbonyl (C=O) groups is 1. The van der Waals surface area contributed by atoms with Crippen LogP contribution in [0.4, 0.5) is 5.69 Å². The number of anilines is 1. The Hall–Kier alpha value is -2.58. The summed E-state index contributed by atoms with van der Waals surface area (Å²) in [5, 5.41) is 22.5. The van der Waals surface area contributed by atoms with Crippen LogP contribution in [0, 0.1) is 0 Å². The summed E-state index contributed by atoms with van der Waals surface area (Å²) in [6.07, 6.45) is 3.90. The van der Waals surface area contributed by atoms with Crippen LogP contribution in [-0.4, -0.2) is 21.3 Å². The fourth-order valence-corrected chi connectivity index (χ4v) is 1.51. The minimum absolute atomic E-state index is 0.0670. The highest BCUT2D eigenvalue weighted by molar-refractivity contribution is 7.80. The number of nitrogens with one attached hydrogen (secondary N) is 2. The van der Waals surface area contributed by atoms with Crippen molar-refractivity contribution in [2.45, 2.75) is 0 Å². The second-order valence-corrected chi connectivity index (χ2v) is 4.07. The van der Waals surface area contributed by atoms with E-state index < -0.39 is 5.91 Å². The molecule has 0 saturated carbocycles. The highest BCUT2D eigenvalue weighted by Gasteiger charge is 2.11. The van der Waals surface area contributed by atoms with Crippen molar-refractivity contribution in [3.05, 3.63) is 54.6 Å².